The van der Waals surface area contributed by atoms with Gasteiger partial charge in [-0.05, 0) is 37.6 Å². The van der Waals surface area contributed by atoms with Gasteiger partial charge in [0.15, 0.2) is 0 Å². The third-order valence-electron chi connectivity index (χ3n) is 3.74. The molecule has 25 heavy (non-hydrogen) atoms. The van der Waals surface area contributed by atoms with Crippen molar-refractivity contribution in [2.45, 2.75) is 26.5 Å². The van der Waals surface area contributed by atoms with Crippen LogP contribution >= 0.6 is 0 Å². The molecule has 0 saturated heterocycles. The van der Waals surface area contributed by atoms with Crippen LogP contribution in [0.4, 0.5) is 0 Å². The van der Waals surface area contributed by atoms with Crippen LogP contribution in [0.5, 0.6) is 5.75 Å². The molecular weight excluding hydrogens is 318 g/mol. The van der Waals surface area contributed by atoms with Crippen LogP contribution in [0.3, 0.4) is 0 Å². The van der Waals surface area contributed by atoms with Crippen LogP contribution in [0.2, 0.25) is 0 Å². The summed E-state index contributed by atoms with van der Waals surface area (Å²) in [4.78, 5) is 25.7. The molecule has 0 fully saturated rings. The molecule has 0 heterocycles. The second-order valence-electron chi connectivity index (χ2n) is 5.91. The van der Waals surface area contributed by atoms with Crippen molar-refractivity contribution in [1.29, 1.82) is 0 Å². The Kier molecular flexibility index (Phi) is 6.57. The van der Waals surface area contributed by atoms with Gasteiger partial charge in [-0.15, -0.1) is 0 Å². The van der Waals surface area contributed by atoms with Crippen molar-refractivity contribution in [3.63, 3.8) is 0 Å². The van der Waals surface area contributed by atoms with E-state index in [4.69, 9.17) is 4.74 Å². The molecule has 0 radical (unpaired) electrons. The molecule has 0 N–H and O–H groups in total. The van der Waals surface area contributed by atoms with E-state index in [1.54, 1.807) is 24.3 Å². The summed E-state index contributed by atoms with van der Waals surface area (Å²) in [6.45, 7) is 4.06. The van der Waals surface area contributed by atoms with Crippen molar-refractivity contribution in [2.75, 3.05) is 13.7 Å². The number of ether oxygens (including phenoxy) is 2. The monoisotopic (exact) mass is 341 g/mol. The highest BCUT2D eigenvalue weighted by Crippen LogP contribution is 2.17. The number of amides is 1. The quantitative estimate of drug-likeness (QED) is 0.725. The van der Waals surface area contributed by atoms with Crippen LogP contribution in [-0.4, -0.2) is 36.5 Å². The fourth-order valence-electron chi connectivity index (χ4n) is 2.32. The second-order valence-corrected chi connectivity index (χ2v) is 5.91. The Morgan fingerprint density at radius 1 is 1.04 bits per heavy atom. The first-order valence-corrected chi connectivity index (χ1v) is 8.16. The fraction of sp³-hybridized carbons (Fsp3) is 0.300. The zero-order valence-corrected chi connectivity index (χ0v) is 14.8. The predicted molar refractivity (Wildman–Crippen MR) is 95.4 cm³/mol. The molecule has 0 bridgehead atoms. The third kappa shape index (κ3) is 5.35. The Morgan fingerprint density at radius 3 is 2.40 bits per heavy atom. The minimum Gasteiger partial charge on any atom is -0.489 e. The molecular formula is C20H23NO4. The van der Waals surface area contributed by atoms with Gasteiger partial charge in [0.1, 0.15) is 18.9 Å². The van der Waals surface area contributed by atoms with E-state index in [0.29, 0.717) is 17.9 Å². The Hall–Kier alpha value is -2.82. The highest BCUT2D eigenvalue weighted by atomic mass is 16.5. The molecule has 0 aliphatic rings. The van der Waals surface area contributed by atoms with E-state index in [-0.39, 0.29) is 18.5 Å². The van der Waals surface area contributed by atoms with Gasteiger partial charge in [0.05, 0.1) is 7.11 Å². The highest BCUT2D eigenvalue weighted by molar-refractivity contribution is 5.96. The molecule has 1 amide bonds. The zero-order valence-electron chi connectivity index (χ0n) is 14.8. The number of esters is 1. The average Bonchev–Trinajstić information content (AvgIpc) is 2.64. The number of hydrogen-bond acceptors (Lipinski definition) is 4. The second kappa shape index (κ2) is 8.87. The minimum atomic E-state index is -0.446. The zero-order chi connectivity index (χ0) is 18.2. The van der Waals surface area contributed by atoms with Crippen LogP contribution in [0.1, 0.15) is 29.8 Å². The molecule has 2 aromatic carbocycles. The van der Waals surface area contributed by atoms with Crippen molar-refractivity contribution in [2.24, 2.45) is 0 Å². The van der Waals surface area contributed by atoms with Gasteiger partial charge in [-0.25, -0.2) is 0 Å². The number of nitrogens with zero attached hydrogens (tertiary/aromatic N) is 1. The smallest absolute Gasteiger partial charge is 0.325 e. The van der Waals surface area contributed by atoms with Gasteiger partial charge in [-0.1, -0.05) is 36.4 Å². The lowest BCUT2D eigenvalue weighted by Crippen LogP contribution is -2.41. The molecule has 2 aromatic rings. The molecule has 132 valence electrons. The lowest BCUT2D eigenvalue weighted by atomic mass is 10.1. The first-order valence-electron chi connectivity index (χ1n) is 8.16. The molecule has 5 heteroatoms. The Balaban J connectivity index is 2.10. The number of benzene rings is 2. The van der Waals surface area contributed by atoms with Crippen LogP contribution in [0.25, 0.3) is 0 Å². The fourth-order valence-corrected chi connectivity index (χ4v) is 2.32. The maximum Gasteiger partial charge on any atom is 0.325 e. The third-order valence-corrected chi connectivity index (χ3v) is 3.74. The summed E-state index contributed by atoms with van der Waals surface area (Å²) >= 11 is 0. The molecule has 2 rings (SSSR count). The number of rotatable bonds is 7. The maximum absolute atomic E-state index is 12.7. The summed E-state index contributed by atoms with van der Waals surface area (Å²) in [6, 6.07) is 16.7. The van der Waals surface area contributed by atoms with Crippen LogP contribution in [0.15, 0.2) is 54.6 Å². The van der Waals surface area contributed by atoms with Crippen LogP contribution in [-0.2, 0) is 16.1 Å². The molecule has 0 atom stereocenters. The summed E-state index contributed by atoms with van der Waals surface area (Å²) < 4.78 is 10.4. The molecule has 0 spiro atoms. The lowest BCUT2D eigenvalue weighted by Gasteiger charge is -2.25. The summed E-state index contributed by atoms with van der Waals surface area (Å²) in [7, 11) is 1.31. The van der Waals surface area contributed by atoms with Gasteiger partial charge in [-0.3, -0.25) is 9.59 Å². The lowest BCUT2D eigenvalue weighted by molar-refractivity contribution is -0.141. The van der Waals surface area contributed by atoms with E-state index in [1.165, 1.54) is 12.0 Å². The Bertz CT molecular complexity index is 713. The van der Waals surface area contributed by atoms with Gasteiger partial charge in [-0.2, -0.15) is 0 Å². The average molecular weight is 341 g/mol. The van der Waals surface area contributed by atoms with Crippen LogP contribution < -0.4 is 4.74 Å². The van der Waals surface area contributed by atoms with Crippen molar-refractivity contribution < 1.29 is 19.1 Å². The van der Waals surface area contributed by atoms with Gasteiger partial charge in [0, 0.05) is 11.6 Å². The SMILES string of the molecule is COC(=O)CN(C(=O)c1cccc(OCc2ccccc2)c1)C(C)C. The predicted octanol–water partition coefficient (Wildman–Crippen LogP) is 3.29. The highest BCUT2D eigenvalue weighted by Gasteiger charge is 2.22. The van der Waals surface area contributed by atoms with E-state index in [1.807, 2.05) is 44.2 Å². The first kappa shape index (κ1) is 18.5. The Labute approximate surface area is 148 Å². The van der Waals surface area contributed by atoms with Gasteiger partial charge >= 0.3 is 5.97 Å². The van der Waals surface area contributed by atoms with Gasteiger partial charge in [0.2, 0.25) is 0 Å². The maximum atomic E-state index is 12.7. The number of carbonyl (C=O) groups excluding carboxylic acids is 2. The van der Waals surface area contributed by atoms with E-state index >= 15 is 0 Å². The van der Waals surface area contributed by atoms with Crippen molar-refractivity contribution >= 4 is 11.9 Å². The van der Waals surface area contributed by atoms with Crippen molar-refractivity contribution in [3.05, 3.63) is 65.7 Å². The van der Waals surface area contributed by atoms with E-state index in [9.17, 15) is 9.59 Å². The summed E-state index contributed by atoms with van der Waals surface area (Å²) in [5.41, 5.74) is 1.52. The summed E-state index contributed by atoms with van der Waals surface area (Å²) in [5, 5.41) is 0. The largest absolute Gasteiger partial charge is 0.489 e. The first-order chi connectivity index (χ1) is 12.0. The van der Waals surface area contributed by atoms with E-state index in [2.05, 4.69) is 4.74 Å². The molecule has 0 aromatic heterocycles. The standard InChI is InChI=1S/C20H23NO4/c1-15(2)21(13-19(22)24-3)20(23)17-10-7-11-18(12-17)25-14-16-8-5-4-6-9-16/h4-12,15H,13-14H2,1-3H3. The number of carbonyl (C=O) groups is 2. The van der Waals surface area contributed by atoms with Crippen molar-refractivity contribution in [3.8, 4) is 5.75 Å². The van der Waals surface area contributed by atoms with E-state index < -0.39 is 5.97 Å². The number of hydrogen-bond donors (Lipinski definition) is 0. The van der Waals surface area contributed by atoms with Gasteiger partial charge < -0.3 is 14.4 Å². The Morgan fingerprint density at radius 2 is 1.76 bits per heavy atom. The molecule has 0 unspecified atom stereocenters. The summed E-state index contributed by atoms with van der Waals surface area (Å²) in [5.74, 6) is -0.0689. The number of methoxy groups -OCH3 is 1. The van der Waals surface area contributed by atoms with Gasteiger partial charge in [0.25, 0.3) is 5.91 Å². The molecule has 5 nitrogen and oxygen atoms in total. The summed E-state index contributed by atoms with van der Waals surface area (Å²) in [6.07, 6.45) is 0. The minimum absolute atomic E-state index is 0.0812. The molecule has 0 aliphatic carbocycles. The normalized spacial score (nSPS) is 10.4. The topological polar surface area (TPSA) is 55.8 Å². The van der Waals surface area contributed by atoms with Crippen molar-refractivity contribution in [1.82, 2.24) is 4.90 Å². The molecule has 0 saturated carbocycles. The van der Waals surface area contributed by atoms with Crippen LogP contribution in [0, 0.1) is 0 Å². The molecule has 0 aliphatic heterocycles. The van der Waals surface area contributed by atoms with E-state index in [0.717, 1.165) is 5.56 Å².